The molecule has 0 unspecified atom stereocenters. The van der Waals surface area contributed by atoms with Gasteiger partial charge in [-0.2, -0.15) is 0 Å². The van der Waals surface area contributed by atoms with Crippen molar-refractivity contribution in [1.29, 1.82) is 0 Å². The van der Waals surface area contributed by atoms with Crippen LogP contribution in [0.1, 0.15) is 59.7 Å². The van der Waals surface area contributed by atoms with Crippen molar-refractivity contribution in [2.24, 2.45) is 0 Å². The Kier molecular flexibility index (Phi) is 9.99. The number of ether oxygens (including phenoxy) is 1. The minimum Gasteiger partial charge on any atom is -0.445 e. The zero-order chi connectivity index (χ0) is 38.1. The van der Waals surface area contributed by atoms with Crippen molar-refractivity contribution in [3.8, 4) is 0 Å². The van der Waals surface area contributed by atoms with Gasteiger partial charge in [0.25, 0.3) is 5.56 Å². The molecule has 0 radical (unpaired) electrons. The molecule has 12 nitrogen and oxygen atoms in total. The number of anilines is 2. The van der Waals surface area contributed by atoms with Gasteiger partial charge in [-0.1, -0.05) is 54.6 Å². The molecule has 4 bridgehead atoms. The molecule has 4 aromatic carbocycles. The summed E-state index contributed by atoms with van der Waals surface area (Å²) in [6.45, 7) is 3.25. The summed E-state index contributed by atoms with van der Waals surface area (Å²) < 4.78 is 32.9. The van der Waals surface area contributed by atoms with Crippen molar-refractivity contribution in [3.63, 3.8) is 0 Å². The zero-order valence-corrected chi connectivity index (χ0v) is 31.0. The fourth-order valence-electron chi connectivity index (χ4n) is 6.93. The average Bonchev–Trinajstić information content (AvgIpc) is 4.02. The molecule has 1 saturated carbocycles. The number of likely N-dealkylation sites (N-methyl/N-ethyl adjacent to an activating group) is 1. The number of benzene rings is 4. The normalized spacial score (nSPS) is 18.1. The molecule has 3 N–H and O–H groups in total. The van der Waals surface area contributed by atoms with Crippen LogP contribution in [0.3, 0.4) is 0 Å². The van der Waals surface area contributed by atoms with E-state index in [-0.39, 0.29) is 36.1 Å². The summed E-state index contributed by atoms with van der Waals surface area (Å²) in [5.41, 5.74) is 3.81. The van der Waals surface area contributed by atoms with Gasteiger partial charge >= 0.3 is 6.09 Å². The standard InChI is InChI=1S/C41H41N5O7S/c1-25-19-29-10-15-34(25)26(2)46(41(50)53-24-27-7-5-4-6-8-27)23-37(47)43-31-12-16-36(54(51,52)33-13-14-33)30(20-31)22-45(3)40(49)38(29)44-32-11-9-28-17-18-42-39(48)35(28)21-32/h4-12,15-21,26,33,38,44H,13-14,22-24H2,1-3H3,(H,42,48)(H,43,47)/t26-,38-/m1/s1. The van der Waals surface area contributed by atoms with Gasteiger partial charge in [0.2, 0.25) is 11.8 Å². The Labute approximate surface area is 313 Å². The third-order valence-corrected chi connectivity index (χ3v) is 12.4. The van der Waals surface area contributed by atoms with Crippen LogP contribution in [-0.4, -0.2) is 60.0 Å². The number of aromatic nitrogens is 1. The van der Waals surface area contributed by atoms with E-state index in [9.17, 15) is 27.6 Å². The molecule has 3 heterocycles. The Morgan fingerprint density at radius 2 is 1.70 bits per heavy atom. The number of carbonyl (C=O) groups is 3. The largest absolute Gasteiger partial charge is 0.445 e. The number of hydrogen-bond donors (Lipinski definition) is 3. The number of fused-ring (bicyclic) bond motifs is 10. The fourth-order valence-corrected chi connectivity index (χ4v) is 8.79. The lowest BCUT2D eigenvalue weighted by molar-refractivity contribution is -0.131. The van der Waals surface area contributed by atoms with Crippen molar-refractivity contribution in [1.82, 2.24) is 14.8 Å². The topological polar surface area (TPSA) is 158 Å². The van der Waals surface area contributed by atoms with Crippen LogP contribution in [0.15, 0.2) is 107 Å². The summed E-state index contributed by atoms with van der Waals surface area (Å²) in [5, 5.41) is 6.86. The van der Waals surface area contributed by atoms with Crippen molar-refractivity contribution >= 4 is 49.9 Å². The number of nitrogens with zero attached hydrogens (tertiary/aromatic N) is 2. The SMILES string of the molecule is Cc1cc2ccc1[C@@H](C)N(C(=O)OCc1ccccc1)CC(=O)Nc1ccc(S(=O)(=O)C3CC3)c(c1)CN(C)C(=O)[C@@H]2Nc1ccc2cc[nH]c(=O)c2c1. The summed E-state index contributed by atoms with van der Waals surface area (Å²) in [4.78, 5) is 60.1. The highest BCUT2D eigenvalue weighted by atomic mass is 32.2. The van der Waals surface area contributed by atoms with E-state index in [2.05, 4.69) is 15.6 Å². The van der Waals surface area contributed by atoms with E-state index < -0.39 is 39.2 Å². The maximum Gasteiger partial charge on any atom is 0.411 e. The molecule has 13 heteroatoms. The number of aryl methyl sites for hydroxylation is 1. The van der Waals surface area contributed by atoms with E-state index in [0.717, 1.165) is 22.1 Å². The molecule has 278 valence electrons. The molecule has 1 fully saturated rings. The third kappa shape index (κ3) is 7.58. The first kappa shape index (κ1) is 36.4. The molecule has 0 saturated heterocycles. The van der Waals surface area contributed by atoms with Crippen LogP contribution in [-0.2, 0) is 37.3 Å². The maximum absolute atomic E-state index is 14.5. The van der Waals surface area contributed by atoms with Crippen molar-refractivity contribution in [3.05, 3.63) is 135 Å². The number of amides is 3. The van der Waals surface area contributed by atoms with Crippen LogP contribution in [0.4, 0.5) is 16.2 Å². The lowest BCUT2D eigenvalue weighted by Gasteiger charge is -2.31. The molecule has 2 aliphatic heterocycles. The van der Waals surface area contributed by atoms with Gasteiger partial charge in [-0.3, -0.25) is 19.3 Å². The highest BCUT2D eigenvalue weighted by Gasteiger charge is 2.39. The predicted octanol–water partition coefficient (Wildman–Crippen LogP) is 6.24. The van der Waals surface area contributed by atoms with Gasteiger partial charge in [-0.15, -0.1) is 0 Å². The van der Waals surface area contributed by atoms with Gasteiger partial charge < -0.3 is 25.3 Å². The van der Waals surface area contributed by atoms with Crippen LogP contribution in [0.25, 0.3) is 10.8 Å². The van der Waals surface area contributed by atoms with E-state index in [1.807, 2.05) is 49.4 Å². The van der Waals surface area contributed by atoms with E-state index >= 15 is 0 Å². The van der Waals surface area contributed by atoms with Gasteiger partial charge in [-0.25, -0.2) is 13.2 Å². The number of H-pyrrole nitrogens is 1. The summed E-state index contributed by atoms with van der Waals surface area (Å²) in [5.74, 6) is -0.869. The minimum absolute atomic E-state index is 0.00629. The molecule has 0 spiro atoms. The number of hydrogen-bond acceptors (Lipinski definition) is 8. The monoisotopic (exact) mass is 747 g/mol. The van der Waals surface area contributed by atoms with Gasteiger partial charge in [0.15, 0.2) is 9.84 Å². The first-order valence-electron chi connectivity index (χ1n) is 17.8. The first-order valence-corrected chi connectivity index (χ1v) is 19.3. The zero-order valence-electron chi connectivity index (χ0n) is 30.2. The Morgan fingerprint density at radius 1 is 0.926 bits per heavy atom. The number of aromatic amines is 1. The maximum atomic E-state index is 14.5. The van der Waals surface area contributed by atoms with Crippen molar-refractivity contribution < 1.29 is 27.5 Å². The second-order valence-electron chi connectivity index (χ2n) is 14.0. The molecule has 5 aromatic rings. The van der Waals surface area contributed by atoms with Gasteiger partial charge in [0.1, 0.15) is 19.2 Å². The number of sulfone groups is 1. The van der Waals surface area contributed by atoms with Crippen molar-refractivity contribution in [2.45, 2.75) is 62.1 Å². The fraction of sp³-hybridized carbons (Fsp3) is 0.268. The summed E-state index contributed by atoms with van der Waals surface area (Å²) in [6, 6.07) is 24.8. The summed E-state index contributed by atoms with van der Waals surface area (Å²) in [6.07, 6.45) is 1.99. The minimum atomic E-state index is -3.69. The highest BCUT2D eigenvalue weighted by Crippen LogP contribution is 2.37. The highest BCUT2D eigenvalue weighted by molar-refractivity contribution is 7.92. The second kappa shape index (κ2) is 14.8. The molecular formula is C41H41N5O7S. The van der Waals surface area contributed by atoms with Gasteiger partial charge in [-0.05, 0) is 96.3 Å². The summed E-state index contributed by atoms with van der Waals surface area (Å²) in [7, 11) is -2.09. The summed E-state index contributed by atoms with van der Waals surface area (Å²) >= 11 is 0. The van der Waals surface area contributed by atoms with E-state index in [0.29, 0.717) is 40.7 Å². The number of pyridine rings is 1. The Morgan fingerprint density at radius 3 is 2.44 bits per heavy atom. The smallest absolute Gasteiger partial charge is 0.411 e. The average molecular weight is 748 g/mol. The first-order chi connectivity index (χ1) is 25.9. The van der Waals surface area contributed by atoms with E-state index in [1.54, 1.807) is 56.6 Å². The Hall–Kier alpha value is -5.95. The molecule has 54 heavy (non-hydrogen) atoms. The van der Waals surface area contributed by atoms with Crippen LogP contribution < -0.4 is 16.2 Å². The molecule has 1 aromatic heterocycles. The molecule has 8 rings (SSSR count). The van der Waals surface area contributed by atoms with Gasteiger partial charge in [0.05, 0.1) is 16.2 Å². The lowest BCUT2D eigenvalue weighted by Crippen LogP contribution is -2.40. The number of carbonyl (C=O) groups excluding carboxylic acids is 3. The lowest BCUT2D eigenvalue weighted by atomic mass is 9.95. The van der Waals surface area contributed by atoms with Crippen LogP contribution in [0.5, 0.6) is 0 Å². The van der Waals surface area contributed by atoms with Gasteiger partial charge in [0, 0.05) is 36.6 Å². The molecule has 1 aliphatic carbocycles. The van der Waals surface area contributed by atoms with Crippen LogP contribution >= 0.6 is 0 Å². The molecule has 3 aliphatic rings. The second-order valence-corrected chi connectivity index (χ2v) is 16.2. The third-order valence-electron chi connectivity index (χ3n) is 10.0. The van der Waals surface area contributed by atoms with Crippen molar-refractivity contribution in [2.75, 3.05) is 24.2 Å². The van der Waals surface area contributed by atoms with Crippen LogP contribution in [0.2, 0.25) is 0 Å². The quantitative estimate of drug-likeness (QED) is 0.184. The molecular weight excluding hydrogens is 707 g/mol. The van der Waals surface area contributed by atoms with Crippen LogP contribution in [0, 0.1) is 6.92 Å². The number of nitrogens with one attached hydrogen (secondary N) is 3. The Balaban J connectivity index is 1.31. The van der Waals surface area contributed by atoms with E-state index in [1.165, 1.54) is 21.9 Å². The molecule has 3 amide bonds. The van der Waals surface area contributed by atoms with E-state index in [4.69, 9.17) is 4.74 Å². The number of rotatable bonds is 6. The molecule has 2 atom stereocenters. The Bertz CT molecular complexity index is 2430. The predicted molar refractivity (Wildman–Crippen MR) is 206 cm³/mol.